The first kappa shape index (κ1) is 16.5. The first-order chi connectivity index (χ1) is 8.78. The van der Waals surface area contributed by atoms with Crippen molar-refractivity contribution < 1.29 is 17.9 Å². The van der Waals surface area contributed by atoms with E-state index in [1.54, 1.807) is 12.1 Å². The van der Waals surface area contributed by atoms with E-state index in [2.05, 4.69) is 0 Å². The van der Waals surface area contributed by atoms with E-state index in [9.17, 15) is 13.2 Å². The Kier molecular flexibility index (Phi) is 6.29. The van der Waals surface area contributed by atoms with Crippen LogP contribution in [0.1, 0.15) is 12.5 Å². The predicted octanol–water partition coefficient (Wildman–Crippen LogP) is 3.86. The first-order valence-electron chi connectivity index (χ1n) is 5.65. The molecular weight excluding hydrogens is 299 g/mol. The normalized spacial score (nSPS) is 13.4. The third-order valence-electron chi connectivity index (χ3n) is 2.16. The SMILES string of the molecule is CC(N)Cc1ccc(OCCSC(F)(F)F)c(Cl)c1. The lowest BCUT2D eigenvalue weighted by Gasteiger charge is -2.11. The minimum atomic E-state index is -4.23. The molecule has 1 aromatic rings. The minimum absolute atomic E-state index is 0.0195. The lowest BCUT2D eigenvalue weighted by atomic mass is 10.1. The van der Waals surface area contributed by atoms with Gasteiger partial charge in [-0.3, -0.25) is 0 Å². The molecule has 1 unspecified atom stereocenters. The highest BCUT2D eigenvalue weighted by Crippen LogP contribution is 2.30. The van der Waals surface area contributed by atoms with Gasteiger partial charge in [0.25, 0.3) is 0 Å². The average molecular weight is 314 g/mol. The second-order valence-electron chi connectivity index (χ2n) is 4.09. The molecule has 1 rings (SSSR count). The number of ether oxygens (including phenoxy) is 1. The summed E-state index contributed by atoms with van der Waals surface area (Å²) in [6.45, 7) is 1.84. The van der Waals surface area contributed by atoms with Crippen molar-refractivity contribution in [3.8, 4) is 5.75 Å². The predicted molar refractivity (Wildman–Crippen MR) is 72.8 cm³/mol. The number of benzene rings is 1. The minimum Gasteiger partial charge on any atom is -0.491 e. The largest absolute Gasteiger partial charge is 0.491 e. The van der Waals surface area contributed by atoms with Gasteiger partial charge in [-0.2, -0.15) is 13.2 Å². The Morgan fingerprint density at radius 2 is 2.11 bits per heavy atom. The van der Waals surface area contributed by atoms with Gasteiger partial charge >= 0.3 is 5.51 Å². The van der Waals surface area contributed by atoms with E-state index in [0.29, 0.717) is 17.2 Å². The Morgan fingerprint density at radius 3 is 2.63 bits per heavy atom. The molecule has 0 radical (unpaired) electrons. The summed E-state index contributed by atoms with van der Waals surface area (Å²) in [7, 11) is 0. The molecule has 108 valence electrons. The Balaban J connectivity index is 2.46. The lowest BCUT2D eigenvalue weighted by molar-refractivity contribution is -0.0329. The van der Waals surface area contributed by atoms with Gasteiger partial charge in [0.1, 0.15) is 5.75 Å². The standard InChI is InChI=1S/C12H15ClF3NOS/c1-8(17)6-9-2-3-11(10(13)7-9)18-4-5-19-12(14,15)16/h2-3,7-8H,4-6,17H2,1H3. The molecule has 0 aliphatic heterocycles. The Hall–Kier alpha value is -0.590. The molecule has 0 amide bonds. The molecule has 7 heteroatoms. The highest BCUT2D eigenvalue weighted by atomic mass is 35.5. The molecule has 2 nitrogen and oxygen atoms in total. The number of nitrogens with two attached hydrogens (primary N) is 1. The van der Waals surface area contributed by atoms with Crippen LogP contribution in [0, 0.1) is 0 Å². The molecule has 0 heterocycles. The summed E-state index contributed by atoms with van der Waals surface area (Å²) < 4.78 is 40.9. The number of alkyl halides is 3. The first-order valence-corrected chi connectivity index (χ1v) is 7.02. The van der Waals surface area contributed by atoms with E-state index < -0.39 is 5.51 Å². The van der Waals surface area contributed by atoms with Crippen LogP contribution in [0.5, 0.6) is 5.75 Å². The van der Waals surface area contributed by atoms with Crippen LogP contribution >= 0.6 is 23.4 Å². The van der Waals surface area contributed by atoms with Crippen LogP contribution in [0.15, 0.2) is 18.2 Å². The van der Waals surface area contributed by atoms with Crippen molar-refractivity contribution in [2.75, 3.05) is 12.4 Å². The Bertz CT molecular complexity index is 412. The van der Waals surface area contributed by atoms with Crippen molar-refractivity contribution in [1.29, 1.82) is 0 Å². The quantitative estimate of drug-likeness (QED) is 0.810. The molecule has 0 aromatic heterocycles. The van der Waals surface area contributed by atoms with Gasteiger partial charge in [0, 0.05) is 11.8 Å². The van der Waals surface area contributed by atoms with Crippen LogP contribution in [0.4, 0.5) is 13.2 Å². The highest BCUT2D eigenvalue weighted by molar-refractivity contribution is 8.00. The number of rotatable bonds is 6. The summed E-state index contributed by atoms with van der Waals surface area (Å²) in [4.78, 5) is 0. The van der Waals surface area contributed by atoms with E-state index >= 15 is 0 Å². The van der Waals surface area contributed by atoms with Crippen LogP contribution in [-0.2, 0) is 6.42 Å². The van der Waals surface area contributed by atoms with Gasteiger partial charge in [-0.15, -0.1) is 0 Å². The molecule has 2 N–H and O–H groups in total. The second-order valence-corrected chi connectivity index (χ2v) is 5.66. The van der Waals surface area contributed by atoms with E-state index in [1.165, 1.54) is 0 Å². The molecule has 0 spiro atoms. The average Bonchev–Trinajstić information content (AvgIpc) is 2.24. The van der Waals surface area contributed by atoms with Crippen molar-refractivity contribution in [3.63, 3.8) is 0 Å². The summed E-state index contributed by atoms with van der Waals surface area (Å²) in [6, 6.07) is 5.20. The molecule has 0 aliphatic carbocycles. The van der Waals surface area contributed by atoms with Gasteiger partial charge in [0.15, 0.2) is 0 Å². The molecule has 1 atom stereocenters. The fourth-order valence-corrected chi connectivity index (χ4v) is 2.12. The van der Waals surface area contributed by atoms with Crippen LogP contribution in [0.25, 0.3) is 0 Å². The maximum atomic E-state index is 11.9. The van der Waals surface area contributed by atoms with Gasteiger partial charge in [0.2, 0.25) is 0 Å². The van der Waals surface area contributed by atoms with Gasteiger partial charge in [-0.1, -0.05) is 17.7 Å². The van der Waals surface area contributed by atoms with Gasteiger partial charge < -0.3 is 10.5 Å². The van der Waals surface area contributed by atoms with E-state index in [1.807, 2.05) is 13.0 Å². The Morgan fingerprint density at radius 1 is 1.42 bits per heavy atom. The summed E-state index contributed by atoms with van der Waals surface area (Å²) >= 11 is 5.87. The summed E-state index contributed by atoms with van der Waals surface area (Å²) in [5.41, 5.74) is 2.41. The monoisotopic (exact) mass is 313 g/mol. The van der Waals surface area contributed by atoms with Crippen molar-refractivity contribution in [3.05, 3.63) is 28.8 Å². The van der Waals surface area contributed by atoms with Crippen LogP contribution in [-0.4, -0.2) is 23.9 Å². The third-order valence-corrected chi connectivity index (χ3v) is 3.15. The molecule has 0 saturated heterocycles. The van der Waals surface area contributed by atoms with Crippen LogP contribution < -0.4 is 10.5 Å². The van der Waals surface area contributed by atoms with Crippen molar-refractivity contribution in [2.24, 2.45) is 5.73 Å². The molecule has 19 heavy (non-hydrogen) atoms. The Labute approximate surface area is 119 Å². The smallest absolute Gasteiger partial charge is 0.441 e. The summed E-state index contributed by atoms with van der Waals surface area (Å²) in [6.07, 6.45) is 0.684. The number of halogens is 4. The topological polar surface area (TPSA) is 35.2 Å². The molecular formula is C12H15ClF3NOS. The van der Waals surface area contributed by atoms with Crippen molar-refractivity contribution in [2.45, 2.75) is 24.9 Å². The third kappa shape index (κ3) is 6.94. The molecule has 0 aliphatic rings. The van der Waals surface area contributed by atoms with Gasteiger partial charge in [-0.05, 0) is 42.8 Å². The number of thioether (sulfide) groups is 1. The van der Waals surface area contributed by atoms with E-state index in [-0.39, 0.29) is 30.2 Å². The van der Waals surface area contributed by atoms with E-state index in [4.69, 9.17) is 22.1 Å². The zero-order valence-corrected chi connectivity index (χ0v) is 11.9. The zero-order valence-electron chi connectivity index (χ0n) is 10.3. The second kappa shape index (κ2) is 7.26. The summed E-state index contributed by atoms with van der Waals surface area (Å²) in [5.74, 6) is 0.222. The van der Waals surface area contributed by atoms with E-state index in [0.717, 1.165) is 5.56 Å². The summed E-state index contributed by atoms with van der Waals surface area (Å²) in [5, 5.41) is 0.384. The fourth-order valence-electron chi connectivity index (χ4n) is 1.47. The number of hydrogen-bond acceptors (Lipinski definition) is 3. The lowest BCUT2D eigenvalue weighted by Crippen LogP contribution is -2.17. The molecule has 1 aromatic carbocycles. The molecule has 0 bridgehead atoms. The van der Waals surface area contributed by atoms with Crippen LogP contribution in [0.3, 0.4) is 0 Å². The highest BCUT2D eigenvalue weighted by Gasteiger charge is 2.27. The van der Waals surface area contributed by atoms with Gasteiger partial charge in [-0.25, -0.2) is 0 Å². The molecule has 0 fully saturated rings. The number of hydrogen-bond donors (Lipinski definition) is 1. The van der Waals surface area contributed by atoms with Crippen molar-refractivity contribution >= 4 is 23.4 Å². The van der Waals surface area contributed by atoms with Crippen molar-refractivity contribution in [1.82, 2.24) is 0 Å². The molecule has 0 saturated carbocycles. The maximum absolute atomic E-state index is 11.9. The van der Waals surface area contributed by atoms with Gasteiger partial charge in [0.05, 0.1) is 11.6 Å². The fraction of sp³-hybridized carbons (Fsp3) is 0.500. The zero-order chi connectivity index (χ0) is 14.5. The van der Waals surface area contributed by atoms with Crippen LogP contribution in [0.2, 0.25) is 5.02 Å². The maximum Gasteiger partial charge on any atom is 0.441 e.